The van der Waals surface area contributed by atoms with E-state index in [0.29, 0.717) is 13.2 Å². The average molecular weight is 355 g/mol. The van der Waals surface area contributed by atoms with Gasteiger partial charge in [-0.25, -0.2) is 0 Å². The summed E-state index contributed by atoms with van der Waals surface area (Å²) in [5.41, 5.74) is 1.72. The highest BCUT2D eigenvalue weighted by molar-refractivity contribution is 5.48. The second-order valence-electron chi connectivity index (χ2n) is 5.35. The molecule has 2 aromatic carbocycles. The maximum Gasteiger partial charge on any atom is 0.573 e. The smallest absolute Gasteiger partial charge is 0.491 e. The number of nitrogens with one attached hydrogen (secondary N) is 1. The molecule has 0 amide bonds. The Labute approximate surface area is 144 Å². The highest BCUT2D eigenvalue weighted by Crippen LogP contribution is 2.26. The van der Waals surface area contributed by atoms with Crippen LogP contribution in [-0.4, -0.2) is 26.7 Å². The predicted octanol–water partition coefficient (Wildman–Crippen LogP) is 4.78. The zero-order valence-corrected chi connectivity index (χ0v) is 14.0. The standard InChI is InChI=1S/C18H20F3NO3/c1-13(14-3-7-17(8-4-14)25-18(19,20)21)22-15-5-9-16(10-6-15)24-12-11-23-2/h3-10,13,22H,11-12H2,1-2H3. The van der Waals surface area contributed by atoms with Gasteiger partial charge in [-0.3, -0.25) is 0 Å². The molecule has 0 bridgehead atoms. The number of hydrogen-bond donors (Lipinski definition) is 1. The number of benzene rings is 2. The minimum Gasteiger partial charge on any atom is -0.491 e. The van der Waals surface area contributed by atoms with E-state index >= 15 is 0 Å². The van der Waals surface area contributed by atoms with Gasteiger partial charge < -0.3 is 19.5 Å². The number of ether oxygens (including phenoxy) is 3. The van der Waals surface area contributed by atoms with Crippen LogP contribution in [0.2, 0.25) is 0 Å². The van der Waals surface area contributed by atoms with Crippen LogP contribution in [0.1, 0.15) is 18.5 Å². The first-order chi connectivity index (χ1) is 11.9. The maximum absolute atomic E-state index is 12.2. The summed E-state index contributed by atoms with van der Waals surface area (Å²) in [6.07, 6.45) is -4.68. The predicted molar refractivity (Wildman–Crippen MR) is 89.0 cm³/mol. The normalized spacial score (nSPS) is 12.5. The van der Waals surface area contributed by atoms with Gasteiger partial charge in [0.1, 0.15) is 18.1 Å². The summed E-state index contributed by atoms with van der Waals surface area (Å²) in [7, 11) is 1.61. The largest absolute Gasteiger partial charge is 0.573 e. The van der Waals surface area contributed by atoms with Gasteiger partial charge in [0.05, 0.1) is 6.61 Å². The van der Waals surface area contributed by atoms with Crippen molar-refractivity contribution in [1.29, 1.82) is 0 Å². The fraction of sp³-hybridized carbons (Fsp3) is 0.333. The molecule has 0 aliphatic heterocycles. The average Bonchev–Trinajstić information content (AvgIpc) is 2.56. The molecule has 25 heavy (non-hydrogen) atoms. The molecular weight excluding hydrogens is 335 g/mol. The lowest BCUT2D eigenvalue weighted by atomic mass is 10.1. The molecule has 0 heterocycles. The van der Waals surface area contributed by atoms with Crippen LogP contribution in [0.5, 0.6) is 11.5 Å². The summed E-state index contributed by atoms with van der Waals surface area (Å²) in [5.74, 6) is 0.505. The molecule has 0 saturated carbocycles. The molecule has 0 aliphatic carbocycles. The summed E-state index contributed by atoms with van der Waals surface area (Å²) >= 11 is 0. The van der Waals surface area contributed by atoms with Crippen LogP contribution in [0.4, 0.5) is 18.9 Å². The van der Waals surface area contributed by atoms with Gasteiger partial charge in [0.25, 0.3) is 0 Å². The molecule has 0 spiro atoms. The van der Waals surface area contributed by atoms with Gasteiger partial charge in [0, 0.05) is 18.8 Å². The number of hydrogen-bond acceptors (Lipinski definition) is 4. The fourth-order valence-electron chi connectivity index (χ4n) is 2.18. The lowest BCUT2D eigenvalue weighted by Gasteiger charge is -2.17. The highest BCUT2D eigenvalue weighted by atomic mass is 19.4. The number of halogens is 3. The topological polar surface area (TPSA) is 39.7 Å². The van der Waals surface area contributed by atoms with Crippen molar-refractivity contribution >= 4 is 5.69 Å². The van der Waals surface area contributed by atoms with Crippen LogP contribution in [0.3, 0.4) is 0 Å². The Balaban J connectivity index is 1.91. The van der Waals surface area contributed by atoms with Crippen molar-refractivity contribution in [3.63, 3.8) is 0 Å². The molecule has 0 saturated heterocycles. The van der Waals surface area contributed by atoms with E-state index in [1.807, 2.05) is 31.2 Å². The first-order valence-corrected chi connectivity index (χ1v) is 7.71. The summed E-state index contributed by atoms with van der Waals surface area (Å²) in [6, 6.07) is 13.1. The quantitative estimate of drug-likeness (QED) is 0.692. The van der Waals surface area contributed by atoms with Gasteiger partial charge in [-0.15, -0.1) is 13.2 Å². The van der Waals surface area contributed by atoms with Crippen LogP contribution in [0.15, 0.2) is 48.5 Å². The summed E-state index contributed by atoms with van der Waals surface area (Å²) in [4.78, 5) is 0. The molecule has 1 N–H and O–H groups in total. The first-order valence-electron chi connectivity index (χ1n) is 7.71. The van der Waals surface area contributed by atoms with Gasteiger partial charge in [-0.05, 0) is 48.9 Å². The molecule has 136 valence electrons. The molecule has 0 aromatic heterocycles. The van der Waals surface area contributed by atoms with Crippen molar-refractivity contribution in [3.8, 4) is 11.5 Å². The summed E-state index contributed by atoms with van der Waals surface area (Å²) in [6.45, 7) is 2.92. The first kappa shape index (κ1) is 18.9. The van der Waals surface area contributed by atoms with E-state index in [2.05, 4.69) is 10.1 Å². The molecule has 1 unspecified atom stereocenters. The highest BCUT2D eigenvalue weighted by Gasteiger charge is 2.31. The zero-order valence-electron chi connectivity index (χ0n) is 14.0. The molecule has 7 heteroatoms. The van der Waals surface area contributed by atoms with Crippen LogP contribution in [0.25, 0.3) is 0 Å². The molecule has 0 aliphatic rings. The third-order valence-corrected chi connectivity index (χ3v) is 3.41. The molecule has 2 rings (SSSR count). The lowest BCUT2D eigenvalue weighted by molar-refractivity contribution is -0.274. The third-order valence-electron chi connectivity index (χ3n) is 3.41. The molecule has 0 fully saturated rings. The van der Waals surface area contributed by atoms with Gasteiger partial charge in [0.2, 0.25) is 0 Å². The molecule has 2 aromatic rings. The minimum absolute atomic E-state index is 0.0832. The molecule has 1 atom stereocenters. The van der Waals surface area contributed by atoms with E-state index in [1.54, 1.807) is 19.2 Å². The van der Waals surface area contributed by atoms with Crippen LogP contribution >= 0.6 is 0 Å². The van der Waals surface area contributed by atoms with E-state index in [0.717, 1.165) is 17.0 Å². The van der Waals surface area contributed by atoms with Gasteiger partial charge in [0.15, 0.2) is 0 Å². The van der Waals surface area contributed by atoms with E-state index in [9.17, 15) is 13.2 Å². The molecular formula is C18H20F3NO3. The maximum atomic E-state index is 12.2. The Bertz CT molecular complexity index is 642. The second-order valence-corrected chi connectivity index (χ2v) is 5.35. The van der Waals surface area contributed by atoms with Crippen molar-refractivity contribution in [3.05, 3.63) is 54.1 Å². The SMILES string of the molecule is COCCOc1ccc(NC(C)c2ccc(OC(F)(F)F)cc2)cc1. The van der Waals surface area contributed by atoms with E-state index in [1.165, 1.54) is 12.1 Å². The van der Waals surface area contributed by atoms with Crippen molar-refractivity contribution in [2.75, 3.05) is 25.6 Å². The number of rotatable bonds is 8. The monoisotopic (exact) mass is 355 g/mol. The van der Waals surface area contributed by atoms with Gasteiger partial charge in [-0.1, -0.05) is 12.1 Å². The Kier molecular flexibility index (Phi) is 6.52. The minimum atomic E-state index is -4.68. The lowest BCUT2D eigenvalue weighted by Crippen LogP contribution is -2.17. The van der Waals surface area contributed by atoms with Gasteiger partial charge in [-0.2, -0.15) is 0 Å². The van der Waals surface area contributed by atoms with Crippen molar-refractivity contribution in [2.24, 2.45) is 0 Å². The summed E-state index contributed by atoms with van der Waals surface area (Å²) in [5, 5.41) is 3.28. The number of alkyl halides is 3. The zero-order chi connectivity index (χ0) is 18.3. The molecule has 4 nitrogen and oxygen atoms in total. The molecule has 0 radical (unpaired) electrons. The Morgan fingerprint density at radius 2 is 1.52 bits per heavy atom. The van der Waals surface area contributed by atoms with Crippen molar-refractivity contribution in [2.45, 2.75) is 19.3 Å². The third kappa shape index (κ3) is 6.54. The van der Waals surface area contributed by atoms with E-state index in [4.69, 9.17) is 9.47 Å². The van der Waals surface area contributed by atoms with Crippen LogP contribution in [-0.2, 0) is 4.74 Å². The summed E-state index contributed by atoms with van der Waals surface area (Å²) < 4.78 is 50.8. The Hall–Kier alpha value is -2.41. The van der Waals surface area contributed by atoms with Gasteiger partial charge >= 0.3 is 6.36 Å². The van der Waals surface area contributed by atoms with Crippen LogP contribution in [0, 0.1) is 0 Å². The van der Waals surface area contributed by atoms with E-state index in [-0.39, 0.29) is 11.8 Å². The van der Waals surface area contributed by atoms with Crippen molar-refractivity contribution in [1.82, 2.24) is 0 Å². The van der Waals surface area contributed by atoms with E-state index < -0.39 is 6.36 Å². The second kappa shape index (κ2) is 8.62. The van der Waals surface area contributed by atoms with Crippen LogP contribution < -0.4 is 14.8 Å². The number of methoxy groups -OCH3 is 1. The number of anilines is 1. The Morgan fingerprint density at radius 1 is 0.920 bits per heavy atom. The Morgan fingerprint density at radius 3 is 2.08 bits per heavy atom. The van der Waals surface area contributed by atoms with Crippen molar-refractivity contribution < 1.29 is 27.4 Å². The fourth-order valence-corrected chi connectivity index (χ4v) is 2.18.